The predicted octanol–water partition coefficient (Wildman–Crippen LogP) is 1.45. The molecule has 1 aliphatic heterocycles. The van der Waals surface area contributed by atoms with E-state index < -0.39 is 18.0 Å². The third-order valence-corrected chi connectivity index (χ3v) is 3.87. The molecule has 6 nitrogen and oxygen atoms in total. The van der Waals surface area contributed by atoms with Crippen molar-refractivity contribution in [1.29, 1.82) is 0 Å². The highest BCUT2D eigenvalue weighted by Crippen LogP contribution is 2.16. The number of aliphatic carboxylic acids is 1. The van der Waals surface area contributed by atoms with E-state index >= 15 is 0 Å². The maximum Gasteiger partial charge on any atom is 0.326 e. The summed E-state index contributed by atoms with van der Waals surface area (Å²) in [7, 11) is 0. The molecule has 0 aromatic rings. The topological polar surface area (TPSA) is 87.7 Å². The van der Waals surface area contributed by atoms with Gasteiger partial charge in [-0.25, -0.2) is 9.59 Å². The first-order chi connectivity index (χ1) is 9.63. The minimum atomic E-state index is -0.992. The first kappa shape index (κ1) is 17.1. The lowest BCUT2D eigenvalue weighted by atomic mass is 10.1. The summed E-state index contributed by atoms with van der Waals surface area (Å²) in [6.07, 6.45) is 6.67. The standard InChI is InChI=1S/C13H24N2O4S/c1-20-9-6-11(12(16)17)15-13(18)14-7-2-4-10-5-3-8-19-10/h10-11H,2-9H2,1H3,(H,16,17)(H2,14,15,18). The summed E-state index contributed by atoms with van der Waals surface area (Å²) >= 11 is 1.56. The van der Waals surface area contributed by atoms with E-state index in [4.69, 9.17) is 9.84 Å². The van der Waals surface area contributed by atoms with Crippen LogP contribution in [0.4, 0.5) is 4.79 Å². The maximum atomic E-state index is 11.6. The van der Waals surface area contributed by atoms with Crippen molar-refractivity contribution in [3.8, 4) is 0 Å². The minimum Gasteiger partial charge on any atom is -0.480 e. The summed E-state index contributed by atoms with van der Waals surface area (Å²) in [5.41, 5.74) is 0. The van der Waals surface area contributed by atoms with Gasteiger partial charge in [0, 0.05) is 13.2 Å². The number of hydrogen-bond acceptors (Lipinski definition) is 4. The van der Waals surface area contributed by atoms with Crippen molar-refractivity contribution in [2.75, 3.05) is 25.2 Å². The van der Waals surface area contributed by atoms with E-state index in [1.54, 1.807) is 11.8 Å². The van der Waals surface area contributed by atoms with Crippen LogP contribution in [0.2, 0.25) is 0 Å². The van der Waals surface area contributed by atoms with E-state index in [0.29, 0.717) is 24.8 Å². The summed E-state index contributed by atoms with van der Waals surface area (Å²) in [6.45, 7) is 1.38. The molecule has 1 heterocycles. The van der Waals surface area contributed by atoms with Gasteiger partial charge in [0.05, 0.1) is 6.10 Å². The first-order valence-corrected chi connectivity index (χ1v) is 8.40. The lowest BCUT2D eigenvalue weighted by Crippen LogP contribution is -2.46. The van der Waals surface area contributed by atoms with Crippen LogP contribution in [0.15, 0.2) is 0 Å². The molecule has 2 unspecified atom stereocenters. The molecule has 0 aliphatic carbocycles. The van der Waals surface area contributed by atoms with Gasteiger partial charge >= 0.3 is 12.0 Å². The molecular formula is C13H24N2O4S. The van der Waals surface area contributed by atoms with E-state index in [-0.39, 0.29) is 0 Å². The van der Waals surface area contributed by atoms with Gasteiger partial charge in [0.25, 0.3) is 0 Å². The molecule has 20 heavy (non-hydrogen) atoms. The number of amides is 2. The van der Waals surface area contributed by atoms with Gasteiger partial charge in [0.2, 0.25) is 0 Å². The highest BCUT2D eigenvalue weighted by Gasteiger charge is 2.19. The van der Waals surface area contributed by atoms with Gasteiger partial charge in [-0.3, -0.25) is 0 Å². The maximum absolute atomic E-state index is 11.6. The van der Waals surface area contributed by atoms with E-state index in [9.17, 15) is 9.59 Å². The molecule has 1 rings (SSSR count). The van der Waals surface area contributed by atoms with Crippen molar-refractivity contribution in [2.45, 2.75) is 44.2 Å². The van der Waals surface area contributed by atoms with Crippen LogP contribution in [0.1, 0.15) is 32.1 Å². The van der Waals surface area contributed by atoms with Gasteiger partial charge in [0.15, 0.2) is 0 Å². The molecule has 0 aromatic carbocycles. The zero-order valence-corrected chi connectivity index (χ0v) is 12.7. The SMILES string of the molecule is CSCCC(NC(=O)NCCCC1CCCO1)C(=O)O. The van der Waals surface area contributed by atoms with Crippen molar-refractivity contribution in [2.24, 2.45) is 0 Å². The summed E-state index contributed by atoms with van der Waals surface area (Å²) in [4.78, 5) is 22.6. The molecule has 0 spiro atoms. The Morgan fingerprint density at radius 3 is 2.90 bits per heavy atom. The fourth-order valence-corrected chi connectivity index (χ4v) is 2.58. The summed E-state index contributed by atoms with van der Waals surface area (Å²) in [5.74, 6) is -0.287. The van der Waals surface area contributed by atoms with Crippen LogP contribution < -0.4 is 10.6 Å². The number of hydrogen-bond donors (Lipinski definition) is 3. The Bertz CT molecular complexity index is 309. The lowest BCUT2D eigenvalue weighted by Gasteiger charge is -2.15. The van der Waals surface area contributed by atoms with E-state index in [1.165, 1.54) is 0 Å². The molecule has 7 heteroatoms. The molecule has 0 bridgehead atoms. The molecular weight excluding hydrogens is 280 g/mol. The highest BCUT2D eigenvalue weighted by molar-refractivity contribution is 7.98. The third-order valence-electron chi connectivity index (χ3n) is 3.23. The van der Waals surface area contributed by atoms with E-state index in [0.717, 1.165) is 32.3 Å². The second kappa shape index (κ2) is 9.88. The smallest absolute Gasteiger partial charge is 0.326 e. The Hall–Kier alpha value is -0.950. The second-order valence-electron chi connectivity index (χ2n) is 4.85. The van der Waals surface area contributed by atoms with Crippen LogP contribution in [0.5, 0.6) is 0 Å². The number of nitrogens with one attached hydrogen (secondary N) is 2. The summed E-state index contributed by atoms with van der Waals surface area (Å²) < 4.78 is 5.49. The minimum absolute atomic E-state index is 0.327. The zero-order valence-electron chi connectivity index (χ0n) is 11.9. The molecule has 0 radical (unpaired) electrons. The van der Waals surface area contributed by atoms with Crippen LogP contribution in [0, 0.1) is 0 Å². The molecule has 2 amide bonds. The van der Waals surface area contributed by atoms with Crippen molar-refractivity contribution in [3.63, 3.8) is 0 Å². The van der Waals surface area contributed by atoms with Crippen LogP contribution in [-0.4, -0.2) is 54.4 Å². The highest BCUT2D eigenvalue weighted by atomic mass is 32.2. The molecule has 1 saturated heterocycles. The Morgan fingerprint density at radius 2 is 2.30 bits per heavy atom. The fourth-order valence-electron chi connectivity index (χ4n) is 2.11. The summed E-state index contributed by atoms with van der Waals surface area (Å²) in [6, 6.07) is -1.23. The van der Waals surface area contributed by atoms with Gasteiger partial charge < -0.3 is 20.5 Å². The molecule has 116 valence electrons. The van der Waals surface area contributed by atoms with Gasteiger partial charge in [0.1, 0.15) is 6.04 Å². The molecule has 2 atom stereocenters. The number of carbonyl (C=O) groups is 2. The number of carboxylic acid groups (broad SMARTS) is 1. The number of urea groups is 1. The molecule has 3 N–H and O–H groups in total. The fraction of sp³-hybridized carbons (Fsp3) is 0.846. The largest absolute Gasteiger partial charge is 0.480 e. The van der Waals surface area contributed by atoms with Gasteiger partial charge in [-0.2, -0.15) is 11.8 Å². The van der Waals surface area contributed by atoms with Crippen molar-refractivity contribution in [3.05, 3.63) is 0 Å². The molecule has 1 fully saturated rings. The Balaban J connectivity index is 2.12. The van der Waals surface area contributed by atoms with Crippen LogP contribution >= 0.6 is 11.8 Å². The monoisotopic (exact) mass is 304 g/mol. The van der Waals surface area contributed by atoms with Gasteiger partial charge in [-0.1, -0.05) is 0 Å². The van der Waals surface area contributed by atoms with Crippen molar-refractivity contribution in [1.82, 2.24) is 10.6 Å². The zero-order chi connectivity index (χ0) is 14.8. The normalized spacial score (nSPS) is 19.6. The average molecular weight is 304 g/mol. The Morgan fingerprint density at radius 1 is 1.50 bits per heavy atom. The Kier molecular flexibility index (Phi) is 8.45. The second-order valence-corrected chi connectivity index (χ2v) is 5.84. The van der Waals surface area contributed by atoms with Crippen LogP contribution in [0.25, 0.3) is 0 Å². The van der Waals surface area contributed by atoms with Gasteiger partial charge in [-0.05, 0) is 44.1 Å². The number of rotatable bonds is 9. The molecule has 0 saturated carbocycles. The van der Waals surface area contributed by atoms with Crippen molar-refractivity contribution < 1.29 is 19.4 Å². The average Bonchev–Trinajstić information content (AvgIpc) is 2.92. The Labute approximate surface area is 124 Å². The van der Waals surface area contributed by atoms with Crippen molar-refractivity contribution >= 4 is 23.8 Å². The number of thioether (sulfide) groups is 1. The quantitative estimate of drug-likeness (QED) is 0.561. The predicted molar refractivity (Wildman–Crippen MR) is 79.2 cm³/mol. The van der Waals surface area contributed by atoms with Crippen LogP contribution in [0.3, 0.4) is 0 Å². The number of carboxylic acids is 1. The van der Waals surface area contributed by atoms with Gasteiger partial charge in [-0.15, -0.1) is 0 Å². The van der Waals surface area contributed by atoms with E-state index in [2.05, 4.69) is 10.6 Å². The molecule has 1 aliphatic rings. The number of ether oxygens (including phenoxy) is 1. The lowest BCUT2D eigenvalue weighted by molar-refractivity contribution is -0.139. The third kappa shape index (κ3) is 7.00. The molecule has 0 aromatic heterocycles. The summed E-state index contributed by atoms with van der Waals surface area (Å²) in [5, 5.41) is 14.2. The number of carbonyl (C=O) groups excluding carboxylic acids is 1. The van der Waals surface area contributed by atoms with E-state index in [1.807, 2.05) is 6.26 Å². The first-order valence-electron chi connectivity index (χ1n) is 7.01. The van der Waals surface area contributed by atoms with Crippen LogP contribution in [-0.2, 0) is 9.53 Å².